The predicted molar refractivity (Wildman–Crippen MR) is 77.0 cm³/mol. The molecule has 19 heavy (non-hydrogen) atoms. The Hall–Kier alpha value is -0.890. The third-order valence-corrected chi connectivity index (χ3v) is 6.03. The van der Waals surface area contributed by atoms with Gasteiger partial charge in [-0.25, -0.2) is 0 Å². The second kappa shape index (κ2) is 4.05. The van der Waals surface area contributed by atoms with Gasteiger partial charge in [-0.2, -0.15) is 0 Å². The zero-order chi connectivity index (χ0) is 12.9. The molecule has 2 unspecified atom stereocenters. The molecule has 0 radical (unpaired) electrons. The van der Waals surface area contributed by atoms with Crippen molar-refractivity contribution in [1.82, 2.24) is 10.3 Å². The second-order valence-corrected chi connectivity index (χ2v) is 7.51. The van der Waals surface area contributed by atoms with E-state index in [-0.39, 0.29) is 0 Å². The monoisotopic (exact) mass is 256 g/mol. The van der Waals surface area contributed by atoms with E-state index >= 15 is 0 Å². The van der Waals surface area contributed by atoms with Crippen LogP contribution in [0.2, 0.25) is 0 Å². The molecular weight excluding hydrogens is 232 g/mol. The molecule has 1 aromatic heterocycles. The van der Waals surface area contributed by atoms with Gasteiger partial charge in [0.05, 0.1) is 0 Å². The molecule has 0 aromatic carbocycles. The van der Waals surface area contributed by atoms with Crippen LogP contribution in [0.15, 0.2) is 24.5 Å². The highest BCUT2D eigenvalue weighted by molar-refractivity contribution is 5.28. The first-order valence-corrected chi connectivity index (χ1v) is 7.79. The van der Waals surface area contributed by atoms with Gasteiger partial charge in [0.25, 0.3) is 0 Å². The lowest BCUT2D eigenvalue weighted by molar-refractivity contribution is -0.0699. The molecule has 4 aliphatic rings. The maximum atomic E-state index is 4.21. The van der Waals surface area contributed by atoms with Crippen LogP contribution in [0.1, 0.15) is 44.1 Å². The number of nitrogens with one attached hydrogen (secondary N) is 1. The van der Waals surface area contributed by atoms with Crippen LogP contribution in [0.3, 0.4) is 0 Å². The fourth-order valence-corrected chi connectivity index (χ4v) is 6.08. The first-order valence-electron chi connectivity index (χ1n) is 7.79. The van der Waals surface area contributed by atoms with Crippen LogP contribution in [0.25, 0.3) is 0 Å². The van der Waals surface area contributed by atoms with Crippen LogP contribution in [0, 0.1) is 17.3 Å². The van der Waals surface area contributed by atoms with E-state index < -0.39 is 0 Å². The standard InChI is InChI=1S/C17H24N2/c1-18-12-16-7-13-6-14(8-16)10-17(9-13,11-16)15-2-4-19-5-3-15/h2-5,13-14,18H,6-12H2,1H3. The Kier molecular flexibility index (Phi) is 2.54. The van der Waals surface area contributed by atoms with Crippen molar-refractivity contribution in [1.29, 1.82) is 0 Å². The number of hydrogen-bond acceptors (Lipinski definition) is 2. The van der Waals surface area contributed by atoms with Crippen molar-refractivity contribution < 1.29 is 0 Å². The third kappa shape index (κ3) is 1.76. The van der Waals surface area contributed by atoms with Crippen LogP contribution < -0.4 is 5.32 Å². The number of hydrogen-bond donors (Lipinski definition) is 1. The van der Waals surface area contributed by atoms with Crippen LogP contribution in [0.4, 0.5) is 0 Å². The molecule has 0 saturated heterocycles. The summed E-state index contributed by atoms with van der Waals surface area (Å²) in [7, 11) is 2.12. The fraction of sp³-hybridized carbons (Fsp3) is 0.706. The Balaban J connectivity index is 1.74. The van der Waals surface area contributed by atoms with E-state index in [9.17, 15) is 0 Å². The Morgan fingerprint density at radius 2 is 1.84 bits per heavy atom. The van der Waals surface area contributed by atoms with Crippen LogP contribution >= 0.6 is 0 Å². The van der Waals surface area contributed by atoms with Gasteiger partial charge >= 0.3 is 0 Å². The van der Waals surface area contributed by atoms with E-state index in [1.807, 2.05) is 12.4 Å². The Morgan fingerprint density at radius 1 is 1.16 bits per heavy atom. The molecular formula is C17H24N2. The highest BCUT2D eigenvalue weighted by atomic mass is 14.8. The van der Waals surface area contributed by atoms with Gasteiger partial charge in [-0.3, -0.25) is 4.98 Å². The summed E-state index contributed by atoms with van der Waals surface area (Å²) >= 11 is 0. The second-order valence-electron chi connectivity index (χ2n) is 7.51. The van der Waals surface area contributed by atoms with E-state index in [4.69, 9.17) is 0 Å². The van der Waals surface area contributed by atoms with Crippen molar-refractivity contribution in [3.05, 3.63) is 30.1 Å². The van der Waals surface area contributed by atoms with Gasteiger partial charge in [0.1, 0.15) is 0 Å². The van der Waals surface area contributed by atoms with E-state index in [2.05, 4.69) is 29.5 Å². The summed E-state index contributed by atoms with van der Waals surface area (Å²) in [5, 5.41) is 3.48. The van der Waals surface area contributed by atoms with Crippen molar-refractivity contribution >= 4 is 0 Å². The Morgan fingerprint density at radius 3 is 2.47 bits per heavy atom. The van der Waals surface area contributed by atoms with Crippen molar-refractivity contribution in [2.75, 3.05) is 13.6 Å². The number of pyridine rings is 1. The summed E-state index contributed by atoms with van der Waals surface area (Å²) < 4.78 is 0. The van der Waals surface area contributed by atoms with Gasteiger partial charge in [-0.15, -0.1) is 0 Å². The molecule has 4 aliphatic carbocycles. The summed E-state index contributed by atoms with van der Waals surface area (Å²) in [6.45, 7) is 1.22. The van der Waals surface area contributed by atoms with Crippen LogP contribution in [-0.2, 0) is 5.41 Å². The fourth-order valence-electron chi connectivity index (χ4n) is 6.08. The molecule has 1 aromatic rings. The lowest BCUT2D eigenvalue weighted by Gasteiger charge is -2.62. The highest BCUT2D eigenvalue weighted by Crippen LogP contribution is 2.65. The number of nitrogens with zero attached hydrogens (tertiary/aromatic N) is 1. The molecule has 2 atom stereocenters. The van der Waals surface area contributed by atoms with Crippen molar-refractivity contribution in [3.63, 3.8) is 0 Å². The summed E-state index contributed by atoms with van der Waals surface area (Å²) in [5.41, 5.74) is 2.63. The minimum Gasteiger partial charge on any atom is -0.319 e. The van der Waals surface area contributed by atoms with E-state index in [0.717, 1.165) is 11.8 Å². The van der Waals surface area contributed by atoms with Gasteiger partial charge < -0.3 is 5.32 Å². The largest absolute Gasteiger partial charge is 0.319 e. The first kappa shape index (κ1) is 11.9. The van der Waals surface area contributed by atoms with E-state index in [1.165, 1.54) is 45.1 Å². The van der Waals surface area contributed by atoms with Crippen LogP contribution in [-0.4, -0.2) is 18.6 Å². The maximum absolute atomic E-state index is 4.21. The molecule has 0 spiro atoms. The Bertz CT molecular complexity index is 453. The molecule has 4 bridgehead atoms. The van der Waals surface area contributed by atoms with Crippen LogP contribution in [0.5, 0.6) is 0 Å². The number of aromatic nitrogens is 1. The minimum absolute atomic E-state index is 0.476. The quantitative estimate of drug-likeness (QED) is 0.898. The molecule has 4 saturated carbocycles. The summed E-state index contributed by atoms with van der Waals surface area (Å²) in [6, 6.07) is 4.56. The average Bonchev–Trinajstić information content (AvgIpc) is 2.38. The third-order valence-electron chi connectivity index (χ3n) is 6.03. The van der Waals surface area contributed by atoms with Gasteiger partial charge in [-0.1, -0.05) is 0 Å². The van der Waals surface area contributed by atoms with Gasteiger partial charge in [0, 0.05) is 18.9 Å². The summed E-state index contributed by atoms with van der Waals surface area (Å²) in [4.78, 5) is 4.21. The van der Waals surface area contributed by atoms with Gasteiger partial charge in [0.2, 0.25) is 0 Å². The molecule has 0 amide bonds. The van der Waals surface area contributed by atoms with Crippen molar-refractivity contribution in [3.8, 4) is 0 Å². The lowest BCUT2D eigenvalue weighted by atomic mass is 9.43. The van der Waals surface area contributed by atoms with Gasteiger partial charge in [0.15, 0.2) is 0 Å². The van der Waals surface area contributed by atoms with Gasteiger partial charge in [-0.05, 0) is 85.9 Å². The highest BCUT2D eigenvalue weighted by Gasteiger charge is 2.57. The van der Waals surface area contributed by atoms with E-state index in [0.29, 0.717) is 10.8 Å². The molecule has 4 fully saturated rings. The SMILES string of the molecule is CNCC12CC3CC(C1)CC(c1ccncc1)(C3)C2. The summed E-state index contributed by atoms with van der Waals surface area (Å²) in [5.74, 6) is 1.95. The predicted octanol–water partition coefficient (Wildman–Crippen LogP) is 3.14. The van der Waals surface area contributed by atoms with E-state index in [1.54, 1.807) is 5.56 Å². The molecule has 102 valence electrons. The lowest BCUT2D eigenvalue weighted by Crippen LogP contribution is -2.56. The molecule has 0 aliphatic heterocycles. The molecule has 2 heteroatoms. The molecule has 1 heterocycles. The average molecular weight is 256 g/mol. The zero-order valence-electron chi connectivity index (χ0n) is 11.9. The smallest absolute Gasteiger partial charge is 0.0270 e. The first-order chi connectivity index (χ1) is 9.24. The minimum atomic E-state index is 0.476. The topological polar surface area (TPSA) is 24.9 Å². The zero-order valence-corrected chi connectivity index (χ0v) is 11.9. The number of rotatable bonds is 3. The van der Waals surface area contributed by atoms with Crippen molar-refractivity contribution in [2.45, 2.75) is 43.9 Å². The molecule has 1 N–H and O–H groups in total. The normalized spacial score (nSPS) is 43.6. The summed E-state index contributed by atoms with van der Waals surface area (Å²) in [6.07, 6.45) is 12.7. The van der Waals surface area contributed by atoms with Crippen molar-refractivity contribution in [2.24, 2.45) is 17.3 Å². The Labute approximate surface area is 116 Å². The maximum Gasteiger partial charge on any atom is 0.0270 e. The molecule has 5 rings (SSSR count). The molecule has 2 nitrogen and oxygen atoms in total.